The Morgan fingerprint density at radius 1 is 1.00 bits per heavy atom. The van der Waals surface area contributed by atoms with E-state index in [4.69, 9.17) is 10.5 Å². The highest BCUT2D eigenvalue weighted by atomic mass is 16.5. The number of pyridine rings is 1. The molecule has 0 bridgehead atoms. The quantitative estimate of drug-likeness (QED) is 0.776. The van der Waals surface area contributed by atoms with E-state index >= 15 is 0 Å². The fraction of sp³-hybridized carbons (Fsp3) is 0.118. The molecule has 0 radical (unpaired) electrons. The number of aromatic nitrogens is 1. The van der Waals surface area contributed by atoms with Crippen LogP contribution in [0.15, 0.2) is 60.8 Å². The van der Waals surface area contributed by atoms with Crippen molar-refractivity contribution < 1.29 is 4.74 Å². The molecule has 3 aromatic rings. The van der Waals surface area contributed by atoms with E-state index in [1.54, 1.807) is 6.20 Å². The summed E-state index contributed by atoms with van der Waals surface area (Å²) >= 11 is 0. The monoisotopic (exact) mass is 264 g/mol. The number of hydrogen-bond donors (Lipinski definition) is 1. The third-order valence-corrected chi connectivity index (χ3v) is 3.22. The third-order valence-electron chi connectivity index (χ3n) is 3.22. The molecular weight excluding hydrogens is 248 g/mol. The minimum Gasteiger partial charge on any atom is -0.457 e. The van der Waals surface area contributed by atoms with Gasteiger partial charge in [-0.05, 0) is 42.8 Å². The van der Waals surface area contributed by atoms with Crippen LogP contribution in [0, 0.1) is 0 Å². The molecule has 100 valence electrons. The number of rotatable bonds is 3. The third kappa shape index (κ3) is 2.63. The molecule has 3 rings (SSSR count). The smallest absolute Gasteiger partial charge is 0.129 e. The van der Waals surface area contributed by atoms with Crippen LogP contribution in [0.1, 0.15) is 18.5 Å². The lowest BCUT2D eigenvalue weighted by Gasteiger charge is -2.09. The van der Waals surface area contributed by atoms with Gasteiger partial charge in [0.25, 0.3) is 0 Å². The Balaban J connectivity index is 1.85. The Morgan fingerprint density at radius 2 is 1.75 bits per heavy atom. The summed E-state index contributed by atoms with van der Waals surface area (Å²) in [6.07, 6.45) is 1.78. The summed E-state index contributed by atoms with van der Waals surface area (Å²) in [5.41, 5.74) is 7.85. The lowest BCUT2D eigenvalue weighted by molar-refractivity contribution is 0.483. The van der Waals surface area contributed by atoms with E-state index in [-0.39, 0.29) is 6.04 Å². The first kappa shape index (κ1) is 12.6. The maximum Gasteiger partial charge on any atom is 0.129 e. The van der Waals surface area contributed by atoms with Crippen LogP contribution in [-0.2, 0) is 0 Å². The van der Waals surface area contributed by atoms with E-state index in [9.17, 15) is 0 Å². The Bertz CT molecular complexity index is 720. The molecule has 0 saturated heterocycles. The maximum atomic E-state index is 5.84. The van der Waals surface area contributed by atoms with Crippen molar-refractivity contribution in [2.24, 2.45) is 5.73 Å². The molecule has 1 heterocycles. The molecule has 0 aliphatic heterocycles. The summed E-state index contributed by atoms with van der Waals surface area (Å²) in [7, 11) is 0. The molecule has 2 N–H and O–H groups in total. The van der Waals surface area contributed by atoms with Gasteiger partial charge in [0.15, 0.2) is 0 Å². The summed E-state index contributed by atoms with van der Waals surface area (Å²) in [6, 6.07) is 17.7. The van der Waals surface area contributed by atoms with Crippen molar-refractivity contribution in [2.75, 3.05) is 0 Å². The van der Waals surface area contributed by atoms with Crippen molar-refractivity contribution in [1.29, 1.82) is 0 Å². The predicted octanol–water partition coefficient (Wildman–Crippen LogP) is 4.05. The SMILES string of the molecule is C[C@@H](N)c1ccc(Oc2ccc3cccnc3c2)cc1. The first-order chi connectivity index (χ1) is 9.72. The number of hydrogen-bond acceptors (Lipinski definition) is 3. The van der Waals surface area contributed by atoms with Crippen molar-refractivity contribution >= 4 is 10.9 Å². The summed E-state index contributed by atoms with van der Waals surface area (Å²) in [5.74, 6) is 1.58. The van der Waals surface area contributed by atoms with Crippen LogP contribution in [0.5, 0.6) is 11.5 Å². The van der Waals surface area contributed by atoms with Gasteiger partial charge >= 0.3 is 0 Å². The molecule has 0 fully saturated rings. The van der Waals surface area contributed by atoms with Crippen molar-refractivity contribution in [2.45, 2.75) is 13.0 Å². The number of ether oxygens (including phenoxy) is 1. The average Bonchev–Trinajstić information content (AvgIpc) is 2.48. The van der Waals surface area contributed by atoms with Gasteiger partial charge in [-0.3, -0.25) is 4.98 Å². The standard InChI is InChI=1S/C17H16N2O/c1-12(18)13-4-7-15(8-5-13)20-16-9-6-14-3-2-10-19-17(14)11-16/h2-12H,18H2,1H3/t12-/m1/s1. The normalized spacial score (nSPS) is 12.3. The molecule has 20 heavy (non-hydrogen) atoms. The molecule has 0 amide bonds. The van der Waals surface area contributed by atoms with Crippen LogP contribution in [0.3, 0.4) is 0 Å². The Morgan fingerprint density at radius 3 is 2.50 bits per heavy atom. The predicted molar refractivity (Wildman–Crippen MR) is 80.9 cm³/mol. The zero-order valence-electron chi connectivity index (χ0n) is 11.3. The number of nitrogens with two attached hydrogens (primary N) is 1. The number of benzene rings is 2. The van der Waals surface area contributed by atoms with Crippen molar-refractivity contribution in [3.63, 3.8) is 0 Å². The first-order valence-electron chi connectivity index (χ1n) is 6.60. The fourth-order valence-electron chi connectivity index (χ4n) is 2.09. The molecule has 0 unspecified atom stereocenters. The van der Waals surface area contributed by atoms with Gasteiger partial charge in [0.1, 0.15) is 11.5 Å². The molecule has 0 aliphatic carbocycles. The highest BCUT2D eigenvalue weighted by Gasteiger charge is 2.02. The zero-order valence-corrected chi connectivity index (χ0v) is 11.3. The van der Waals surface area contributed by atoms with Crippen LogP contribution in [0.25, 0.3) is 10.9 Å². The van der Waals surface area contributed by atoms with Crippen LogP contribution in [0.2, 0.25) is 0 Å². The Hall–Kier alpha value is -2.39. The second-order valence-corrected chi connectivity index (χ2v) is 4.82. The van der Waals surface area contributed by atoms with E-state index in [1.807, 2.05) is 61.5 Å². The molecular formula is C17H16N2O. The van der Waals surface area contributed by atoms with Gasteiger partial charge in [0.2, 0.25) is 0 Å². The second kappa shape index (κ2) is 5.31. The van der Waals surface area contributed by atoms with Gasteiger partial charge in [-0.15, -0.1) is 0 Å². The maximum absolute atomic E-state index is 5.84. The molecule has 0 saturated carbocycles. The molecule has 0 aliphatic rings. The van der Waals surface area contributed by atoms with Gasteiger partial charge in [0, 0.05) is 23.7 Å². The average molecular weight is 264 g/mol. The summed E-state index contributed by atoms with van der Waals surface area (Å²) in [4.78, 5) is 4.32. The van der Waals surface area contributed by atoms with Crippen molar-refractivity contribution in [3.05, 3.63) is 66.4 Å². The van der Waals surface area contributed by atoms with Crippen LogP contribution in [-0.4, -0.2) is 4.98 Å². The molecule has 0 spiro atoms. The number of nitrogens with zero attached hydrogens (tertiary/aromatic N) is 1. The van der Waals surface area contributed by atoms with Gasteiger partial charge < -0.3 is 10.5 Å². The van der Waals surface area contributed by atoms with E-state index in [0.717, 1.165) is 28.0 Å². The van der Waals surface area contributed by atoms with Crippen LogP contribution >= 0.6 is 0 Å². The minimum atomic E-state index is 0.0360. The summed E-state index contributed by atoms with van der Waals surface area (Å²) < 4.78 is 5.84. The fourth-order valence-corrected chi connectivity index (χ4v) is 2.09. The van der Waals surface area contributed by atoms with Gasteiger partial charge in [-0.25, -0.2) is 0 Å². The lowest BCUT2D eigenvalue weighted by atomic mass is 10.1. The Kier molecular flexibility index (Phi) is 3.35. The van der Waals surface area contributed by atoms with E-state index in [2.05, 4.69) is 4.98 Å². The first-order valence-corrected chi connectivity index (χ1v) is 6.60. The van der Waals surface area contributed by atoms with E-state index in [1.165, 1.54) is 0 Å². The van der Waals surface area contributed by atoms with E-state index < -0.39 is 0 Å². The highest BCUT2D eigenvalue weighted by molar-refractivity contribution is 5.79. The van der Waals surface area contributed by atoms with Crippen LogP contribution in [0.4, 0.5) is 0 Å². The van der Waals surface area contributed by atoms with Gasteiger partial charge in [-0.2, -0.15) is 0 Å². The second-order valence-electron chi connectivity index (χ2n) is 4.82. The van der Waals surface area contributed by atoms with Gasteiger partial charge in [0.05, 0.1) is 5.52 Å². The topological polar surface area (TPSA) is 48.1 Å². The minimum absolute atomic E-state index is 0.0360. The number of fused-ring (bicyclic) bond motifs is 1. The molecule has 1 aromatic heterocycles. The zero-order chi connectivity index (χ0) is 13.9. The highest BCUT2D eigenvalue weighted by Crippen LogP contribution is 2.25. The molecule has 3 heteroatoms. The van der Waals surface area contributed by atoms with Gasteiger partial charge in [-0.1, -0.05) is 18.2 Å². The summed E-state index contributed by atoms with van der Waals surface area (Å²) in [6.45, 7) is 1.96. The Labute approximate surface area is 118 Å². The molecule has 3 nitrogen and oxygen atoms in total. The van der Waals surface area contributed by atoms with Crippen LogP contribution < -0.4 is 10.5 Å². The summed E-state index contributed by atoms with van der Waals surface area (Å²) in [5, 5.41) is 1.10. The van der Waals surface area contributed by atoms with Crippen molar-refractivity contribution in [3.8, 4) is 11.5 Å². The van der Waals surface area contributed by atoms with E-state index in [0.29, 0.717) is 0 Å². The molecule has 1 atom stereocenters. The lowest BCUT2D eigenvalue weighted by Crippen LogP contribution is -2.04. The molecule has 2 aromatic carbocycles. The largest absolute Gasteiger partial charge is 0.457 e. The van der Waals surface area contributed by atoms with Crippen molar-refractivity contribution in [1.82, 2.24) is 4.98 Å².